The van der Waals surface area contributed by atoms with Gasteiger partial charge in [-0.25, -0.2) is 14.8 Å². The van der Waals surface area contributed by atoms with Crippen LogP contribution in [-0.4, -0.2) is 44.9 Å². The van der Waals surface area contributed by atoms with Gasteiger partial charge in [0.05, 0.1) is 18.9 Å². The van der Waals surface area contributed by atoms with Gasteiger partial charge in [0, 0.05) is 30.1 Å². The third-order valence-corrected chi connectivity index (χ3v) is 6.17. The smallest absolute Gasteiger partial charge is 0.416 e. The molecule has 31 heavy (non-hydrogen) atoms. The van der Waals surface area contributed by atoms with Gasteiger partial charge < -0.3 is 10.1 Å². The number of anilines is 2. The van der Waals surface area contributed by atoms with Crippen LogP contribution in [0.4, 0.5) is 16.4 Å². The number of nitrogens with one attached hydrogen (secondary N) is 1. The van der Waals surface area contributed by atoms with Crippen molar-refractivity contribution in [2.45, 2.75) is 31.3 Å². The maximum Gasteiger partial charge on any atom is 0.416 e. The molecule has 158 valence electrons. The molecule has 0 radical (unpaired) electrons. The Labute approximate surface area is 180 Å². The molecule has 0 bridgehead atoms. The topological polar surface area (TPSA) is 93.1 Å². The van der Waals surface area contributed by atoms with Crippen molar-refractivity contribution < 1.29 is 9.53 Å². The lowest BCUT2D eigenvalue weighted by molar-refractivity contribution is 0.0148. The fourth-order valence-electron chi connectivity index (χ4n) is 4.36. The predicted octanol–water partition coefficient (Wildman–Crippen LogP) is 3.93. The third kappa shape index (κ3) is 4.19. The second-order valence-electron chi connectivity index (χ2n) is 8.21. The Morgan fingerprint density at radius 2 is 1.87 bits per heavy atom. The highest BCUT2D eigenvalue weighted by atomic mass is 16.6. The van der Waals surface area contributed by atoms with E-state index in [2.05, 4.69) is 25.5 Å². The first-order chi connectivity index (χ1) is 15.2. The number of hydrogen-bond donors (Lipinski definition) is 1. The van der Waals surface area contributed by atoms with Gasteiger partial charge in [-0.3, -0.25) is 4.90 Å². The average molecular weight is 416 g/mol. The zero-order valence-corrected chi connectivity index (χ0v) is 17.1. The summed E-state index contributed by atoms with van der Waals surface area (Å²) < 4.78 is 5.83. The quantitative estimate of drug-likeness (QED) is 0.673. The number of amides is 1. The van der Waals surface area contributed by atoms with Crippen molar-refractivity contribution in [1.29, 1.82) is 0 Å². The van der Waals surface area contributed by atoms with E-state index in [0.29, 0.717) is 18.3 Å². The zero-order chi connectivity index (χ0) is 21.1. The molecule has 1 amide bonds. The number of carbonyl (C=O) groups is 1. The Bertz CT molecular complexity index is 1020. The highest BCUT2D eigenvalue weighted by Crippen LogP contribution is 2.40. The molecule has 1 aliphatic carbocycles. The van der Waals surface area contributed by atoms with Gasteiger partial charge in [-0.05, 0) is 61.9 Å². The minimum absolute atomic E-state index is 0.288. The normalized spacial score (nSPS) is 23.0. The zero-order valence-electron chi connectivity index (χ0n) is 17.1. The number of rotatable bonds is 5. The monoisotopic (exact) mass is 416 g/mol. The van der Waals surface area contributed by atoms with Crippen LogP contribution in [0.5, 0.6) is 0 Å². The van der Waals surface area contributed by atoms with Gasteiger partial charge in [-0.2, -0.15) is 10.2 Å². The summed E-state index contributed by atoms with van der Waals surface area (Å²) in [5, 5.41) is 11.2. The number of hydrogen-bond acceptors (Lipinski definition) is 7. The highest BCUT2D eigenvalue weighted by Gasteiger charge is 2.47. The van der Waals surface area contributed by atoms with E-state index >= 15 is 0 Å². The van der Waals surface area contributed by atoms with Gasteiger partial charge in [0.25, 0.3) is 0 Å². The fourth-order valence-corrected chi connectivity index (χ4v) is 4.36. The first-order valence-electron chi connectivity index (χ1n) is 10.6. The number of ether oxygens (including phenoxy) is 1. The second kappa shape index (κ2) is 8.29. The molecule has 2 fully saturated rings. The van der Waals surface area contributed by atoms with Crippen molar-refractivity contribution in [3.8, 4) is 11.1 Å². The molecule has 3 aromatic heterocycles. The maximum absolute atomic E-state index is 12.4. The van der Waals surface area contributed by atoms with Gasteiger partial charge >= 0.3 is 6.09 Å². The first-order valence-corrected chi connectivity index (χ1v) is 10.6. The Kier molecular flexibility index (Phi) is 5.19. The SMILES string of the molecule is O=C1OC2(CCC(CNc3ccc(-c4ccnnc4)cn3)CC2)CN1c1ccccn1. The summed E-state index contributed by atoms with van der Waals surface area (Å²) in [5.41, 5.74) is 1.63. The van der Waals surface area contributed by atoms with E-state index in [0.717, 1.165) is 49.2 Å². The van der Waals surface area contributed by atoms with Gasteiger partial charge in [0.1, 0.15) is 17.2 Å². The minimum atomic E-state index is -0.385. The molecule has 0 unspecified atom stereocenters. The second-order valence-corrected chi connectivity index (χ2v) is 8.21. The Hall–Kier alpha value is -3.55. The number of nitrogens with zero attached hydrogens (tertiary/aromatic N) is 5. The average Bonchev–Trinajstić information content (AvgIpc) is 3.16. The third-order valence-electron chi connectivity index (χ3n) is 6.17. The van der Waals surface area contributed by atoms with Gasteiger partial charge in [-0.15, -0.1) is 0 Å². The molecule has 8 nitrogen and oxygen atoms in total. The lowest BCUT2D eigenvalue weighted by atomic mass is 9.78. The van der Waals surface area contributed by atoms with Crippen LogP contribution in [0, 0.1) is 5.92 Å². The summed E-state index contributed by atoms with van der Waals surface area (Å²) in [5.74, 6) is 2.05. The van der Waals surface area contributed by atoms with Crippen molar-refractivity contribution in [2.75, 3.05) is 23.3 Å². The van der Waals surface area contributed by atoms with Crippen molar-refractivity contribution >= 4 is 17.7 Å². The van der Waals surface area contributed by atoms with Gasteiger partial charge in [0.2, 0.25) is 0 Å². The number of carbonyl (C=O) groups excluding carboxylic acids is 1. The first kappa shape index (κ1) is 19.4. The van der Waals surface area contributed by atoms with Crippen LogP contribution in [0.3, 0.4) is 0 Å². The Morgan fingerprint density at radius 3 is 2.58 bits per heavy atom. The molecule has 2 aliphatic rings. The standard InChI is InChI=1S/C23H24N6O2/c30-22-29(21-3-1-2-11-24-21)16-23(31-22)9-6-17(7-10-23)13-25-20-5-4-18(14-26-20)19-8-12-27-28-15-19/h1-5,8,11-12,14-15,17H,6-7,9-10,13,16H2,(H,25,26). The van der Waals surface area contributed by atoms with Crippen LogP contribution in [0.2, 0.25) is 0 Å². The van der Waals surface area contributed by atoms with Gasteiger partial charge in [0.15, 0.2) is 0 Å². The van der Waals surface area contributed by atoms with Crippen LogP contribution in [0.15, 0.2) is 61.2 Å². The number of aromatic nitrogens is 4. The molecule has 1 saturated heterocycles. The number of pyridine rings is 2. The summed E-state index contributed by atoms with van der Waals surface area (Å²) in [7, 11) is 0. The van der Waals surface area contributed by atoms with Crippen LogP contribution >= 0.6 is 0 Å². The van der Waals surface area contributed by atoms with Crippen LogP contribution in [0.25, 0.3) is 11.1 Å². The van der Waals surface area contributed by atoms with Gasteiger partial charge in [-0.1, -0.05) is 6.07 Å². The fraction of sp³-hybridized carbons (Fsp3) is 0.348. The molecule has 1 aliphatic heterocycles. The van der Waals surface area contributed by atoms with E-state index in [4.69, 9.17) is 4.74 Å². The molecule has 8 heteroatoms. The Balaban J connectivity index is 1.14. The summed E-state index contributed by atoms with van der Waals surface area (Å²) >= 11 is 0. The lowest BCUT2D eigenvalue weighted by Gasteiger charge is -2.35. The van der Waals surface area contributed by atoms with E-state index < -0.39 is 0 Å². The molecule has 4 heterocycles. The molecular formula is C23H24N6O2. The van der Waals surface area contributed by atoms with E-state index in [1.54, 1.807) is 23.5 Å². The van der Waals surface area contributed by atoms with Crippen molar-refractivity contribution in [3.05, 3.63) is 61.2 Å². The van der Waals surface area contributed by atoms with E-state index in [9.17, 15) is 4.79 Å². The Morgan fingerprint density at radius 1 is 1.00 bits per heavy atom. The van der Waals surface area contributed by atoms with Crippen molar-refractivity contribution in [1.82, 2.24) is 20.2 Å². The van der Waals surface area contributed by atoms with E-state index in [1.807, 2.05) is 42.6 Å². The largest absolute Gasteiger partial charge is 0.441 e. The summed E-state index contributed by atoms with van der Waals surface area (Å²) in [6, 6.07) is 11.5. The van der Waals surface area contributed by atoms with Crippen LogP contribution < -0.4 is 10.2 Å². The van der Waals surface area contributed by atoms with E-state index in [-0.39, 0.29) is 11.7 Å². The van der Waals surface area contributed by atoms with Crippen molar-refractivity contribution in [3.63, 3.8) is 0 Å². The molecule has 1 spiro atoms. The van der Waals surface area contributed by atoms with E-state index in [1.165, 1.54) is 0 Å². The van der Waals surface area contributed by atoms with Crippen LogP contribution in [0.1, 0.15) is 25.7 Å². The summed E-state index contributed by atoms with van der Waals surface area (Å²) in [4.78, 5) is 22.9. The molecule has 0 atom stereocenters. The molecule has 0 aromatic carbocycles. The maximum atomic E-state index is 12.4. The molecule has 1 saturated carbocycles. The summed E-state index contributed by atoms with van der Waals surface area (Å²) in [6.07, 6.45) is 10.4. The molecule has 5 rings (SSSR count). The highest BCUT2D eigenvalue weighted by molar-refractivity contribution is 5.89. The minimum Gasteiger partial charge on any atom is -0.441 e. The van der Waals surface area contributed by atoms with Crippen LogP contribution in [-0.2, 0) is 4.74 Å². The molecule has 1 N–H and O–H groups in total. The predicted molar refractivity (Wildman–Crippen MR) is 117 cm³/mol. The molecule has 3 aromatic rings. The summed E-state index contributed by atoms with van der Waals surface area (Å²) in [6.45, 7) is 1.44. The lowest BCUT2D eigenvalue weighted by Crippen LogP contribution is -2.39. The van der Waals surface area contributed by atoms with Crippen molar-refractivity contribution in [2.24, 2.45) is 5.92 Å². The molecular weight excluding hydrogens is 392 g/mol.